The van der Waals surface area contributed by atoms with Gasteiger partial charge < -0.3 is 9.80 Å². The normalized spacial score (nSPS) is 11.6. The average molecular weight is 404 g/mol. The molecule has 3 nitrogen and oxygen atoms in total. The first-order valence-corrected chi connectivity index (χ1v) is 12.2. The van der Waals surface area contributed by atoms with Gasteiger partial charge in [0.2, 0.25) is 5.91 Å². The van der Waals surface area contributed by atoms with Crippen LogP contribution in [0.15, 0.2) is 30.3 Å². The minimum absolute atomic E-state index is 0.219. The first-order chi connectivity index (χ1) is 14.0. The van der Waals surface area contributed by atoms with Crippen LogP contribution in [0.25, 0.3) is 0 Å². The van der Waals surface area contributed by atoms with Gasteiger partial charge in [0.1, 0.15) is 6.54 Å². The van der Waals surface area contributed by atoms with Crippen molar-refractivity contribution in [3.8, 4) is 0 Å². The van der Waals surface area contributed by atoms with Gasteiger partial charge >= 0.3 is 0 Å². The van der Waals surface area contributed by atoms with Crippen molar-refractivity contribution < 1.29 is 9.28 Å². The highest BCUT2D eigenvalue weighted by atomic mass is 16.1. The standard InChI is InChI=1S/C26H46N2O/c1-4-5-6-7-8-9-10-11-12-13-14-18-21-26(29)27-22-23-28(2,3)24-25-19-16-15-17-20-25/h15-17,19-20H,4-14,18,21-24H2,1-3H3/p+1. The maximum absolute atomic E-state index is 12.1. The number of carbonyl (C=O) groups excluding carboxylic acids is 1. The molecule has 0 radical (unpaired) electrons. The highest BCUT2D eigenvalue weighted by Gasteiger charge is 2.15. The molecular weight excluding hydrogens is 356 g/mol. The van der Waals surface area contributed by atoms with Gasteiger partial charge in [0, 0.05) is 12.0 Å². The molecule has 0 heterocycles. The van der Waals surface area contributed by atoms with Gasteiger partial charge in [-0.15, -0.1) is 0 Å². The molecule has 0 atom stereocenters. The lowest BCUT2D eigenvalue weighted by Gasteiger charge is -2.30. The van der Waals surface area contributed by atoms with E-state index >= 15 is 0 Å². The summed E-state index contributed by atoms with van der Waals surface area (Å²) in [7, 11) is 4.45. The third-order valence-electron chi connectivity index (χ3n) is 5.75. The van der Waals surface area contributed by atoms with E-state index < -0.39 is 0 Å². The molecule has 0 bridgehead atoms. The van der Waals surface area contributed by atoms with E-state index in [4.69, 9.17) is 0 Å². The van der Waals surface area contributed by atoms with Crippen molar-refractivity contribution in [1.82, 2.24) is 5.32 Å². The molecule has 166 valence electrons. The first kappa shape index (κ1) is 25.7. The molecule has 0 saturated carbocycles. The molecule has 1 aromatic rings. The average Bonchev–Trinajstić information content (AvgIpc) is 2.69. The van der Waals surface area contributed by atoms with Crippen LogP contribution in [-0.2, 0) is 11.3 Å². The maximum atomic E-state index is 12.1. The summed E-state index contributed by atoms with van der Waals surface area (Å²) in [5.41, 5.74) is 1.35. The summed E-state index contributed by atoms with van der Waals surface area (Å²) in [6.07, 6.45) is 16.7. The number of nitrogens with one attached hydrogen (secondary N) is 1. The lowest BCUT2D eigenvalue weighted by atomic mass is 10.0. The summed E-state index contributed by atoms with van der Waals surface area (Å²) in [4.78, 5) is 12.1. The maximum Gasteiger partial charge on any atom is 0.220 e. The molecular formula is C26H47N2O+. The molecule has 0 aliphatic carbocycles. The molecule has 0 fully saturated rings. The third kappa shape index (κ3) is 15.2. The molecule has 0 saturated heterocycles. The Hall–Kier alpha value is -1.35. The SMILES string of the molecule is CCCCCCCCCCCCCCC(=O)NCC[N+](C)(C)Cc1ccccc1. The van der Waals surface area contributed by atoms with Gasteiger partial charge in [-0.25, -0.2) is 0 Å². The van der Waals surface area contributed by atoms with Crippen LogP contribution in [0.3, 0.4) is 0 Å². The van der Waals surface area contributed by atoms with E-state index in [1.54, 1.807) is 0 Å². The third-order valence-corrected chi connectivity index (χ3v) is 5.75. The Morgan fingerprint density at radius 2 is 1.31 bits per heavy atom. The Kier molecular flexibility index (Phi) is 14.6. The molecule has 0 aliphatic rings. The number of rotatable bonds is 18. The van der Waals surface area contributed by atoms with Crippen LogP contribution in [0.5, 0.6) is 0 Å². The van der Waals surface area contributed by atoms with Gasteiger partial charge in [0.25, 0.3) is 0 Å². The minimum atomic E-state index is 0.219. The van der Waals surface area contributed by atoms with E-state index in [-0.39, 0.29) is 5.91 Å². The smallest absolute Gasteiger partial charge is 0.220 e. The van der Waals surface area contributed by atoms with E-state index in [0.717, 1.165) is 30.5 Å². The Morgan fingerprint density at radius 1 is 0.793 bits per heavy atom. The van der Waals surface area contributed by atoms with E-state index in [2.05, 4.69) is 56.7 Å². The van der Waals surface area contributed by atoms with Crippen LogP contribution < -0.4 is 5.32 Å². The van der Waals surface area contributed by atoms with Crippen LogP contribution in [0, 0.1) is 0 Å². The van der Waals surface area contributed by atoms with E-state index in [1.165, 1.54) is 76.2 Å². The Morgan fingerprint density at radius 3 is 1.86 bits per heavy atom. The van der Waals surface area contributed by atoms with E-state index in [0.29, 0.717) is 6.42 Å². The molecule has 0 spiro atoms. The molecule has 0 unspecified atom stereocenters. The van der Waals surface area contributed by atoms with Crippen molar-refractivity contribution in [2.75, 3.05) is 27.2 Å². The van der Waals surface area contributed by atoms with Crippen molar-refractivity contribution in [2.24, 2.45) is 0 Å². The molecule has 1 aromatic carbocycles. The molecule has 1 rings (SSSR count). The predicted octanol–water partition coefficient (Wildman–Crippen LogP) is 6.47. The first-order valence-electron chi connectivity index (χ1n) is 12.2. The quantitative estimate of drug-likeness (QED) is 0.221. The molecule has 3 heteroatoms. The number of quaternary nitrogens is 1. The molecule has 29 heavy (non-hydrogen) atoms. The summed E-state index contributed by atoms with van der Waals surface area (Å²) >= 11 is 0. The van der Waals surface area contributed by atoms with E-state index in [1.807, 2.05) is 0 Å². The van der Waals surface area contributed by atoms with Crippen molar-refractivity contribution in [1.29, 1.82) is 0 Å². The summed E-state index contributed by atoms with van der Waals surface area (Å²) in [5.74, 6) is 0.219. The number of hydrogen-bond acceptors (Lipinski definition) is 1. The topological polar surface area (TPSA) is 29.1 Å². The van der Waals surface area contributed by atoms with Crippen LogP contribution in [0.4, 0.5) is 0 Å². The van der Waals surface area contributed by atoms with Crippen LogP contribution >= 0.6 is 0 Å². The molecule has 0 aromatic heterocycles. The van der Waals surface area contributed by atoms with Crippen LogP contribution in [-0.4, -0.2) is 37.6 Å². The monoisotopic (exact) mass is 403 g/mol. The fourth-order valence-electron chi connectivity index (χ4n) is 3.87. The fourth-order valence-corrected chi connectivity index (χ4v) is 3.87. The van der Waals surface area contributed by atoms with Crippen molar-refractivity contribution in [2.45, 2.75) is 96.9 Å². The van der Waals surface area contributed by atoms with Crippen LogP contribution in [0.1, 0.15) is 96.0 Å². The van der Waals surface area contributed by atoms with Gasteiger partial charge in [0.15, 0.2) is 0 Å². The Bertz CT molecular complexity index is 513. The minimum Gasteiger partial charge on any atom is -0.350 e. The van der Waals surface area contributed by atoms with Crippen molar-refractivity contribution in [3.05, 3.63) is 35.9 Å². The molecule has 1 amide bonds. The number of hydrogen-bond donors (Lipinski definition) is 1. The number of unbranched alkanes of at least 4 members (excludes halogenated alkanes) is 11. The number of likely N-dealkylation sites (N-methyl/N-ethyl adjacent to an activating group) is 1. The molecule has 1 N–H and O–H groups in total. The second-order valence-corrected chi connectivity index (χ2v) is 9.29. The zero-order valence-electron chi connectivity index (χ0n) is 19.6. The Labute approximate surface area is 180 Å². The highest BCUT2D eigenvalue weighted by Crippen LogP contribution is 2.12. The van der Waals surface area contributed by atoms with Crippen molar-refractivity contribution >= 4 is 5.91 Å². The van der Waals surface area contributed by atoms with Gasteiger partial charge in [0.05, 0.1) is 27.2 Å². The second kappa shape index (κ2) is 16.4. The van der Waals surface area contributed by atoms with Gasteiger partial charge in [-0.05, 0) is 6.42 Å². The van der Waals surface area contributed by atoms with Gasteiger partial charge in [-0.2, -0.15) is 0 Å². The number of carbonyl (C=O) groups is 1. The summed E-state index contributed by atoms with van der Waals surface area (Å²) in [6, 6.07) is 10.6. The summed E-state index contributed by atoms with van der Waals surface area (Å²) in [6.45, 7) is 4.99. The lowest BCUT2D eigenvalue weighted by molar-refractivity contribution is -0.902. The predicted molar refractivity (Wildman–Crippen MR) is 126 cm³/mol. The number of amides is 1. The molecule has 0 aliphatic heterocycles. The zero-order valence-corrected chi connectivity index (χ0v) is 19.6. The zero-order chi connectivity index (χ0) is 21.2. The van der Waals surface area contributed by atoms with Gasteiger partial charge in [-0.3, -0.25) is 4.79 Å². The van der Waals surface area contributed by atoms with Gasteiger partial charge in [-0.1, -0.05) is 108 Å². The lowest BCUT2D eigenvalue weighted by Crippen LogP contribution is -2.44. The van der Waals surface area contributed by atoms with Crippen molar-refractivity contribution in [3.63, 3.8) is 0 Å². The van der Waals surface area contributed by atoms with E-state index in [9.17, 15) is 4.79 Å². The number of nitrogens with zero attached hydrogens (tertiary/aromatic N) is 1. The Balaban J connectivity index is 1.92. The number of benzene rings is 1. The largest absolute Gasteiger partial charge is 0.350 e. The fraction of sp³-hybridized carbons (Fsp3) is 0.731. The summed E-state index contributed by atoms with van der Waals surface area (Å²) in [5, 5.41) is 3.11. The second-order valence-electron chi connectivity index (χ2n) is 9.29. The highest BCUT2D eigenvalue weighted by molar-refractivity contribution is 5.75. The summed E-state index contributed by atoms with van der Waals surface area (Å²) < 4.78 is 0.892. The van der Waals surface area contributed by atoms with Crippen LogP contribution in [0.2, 0.25) is 0 Å².